The van der Waals surface area contributed by atoms with Crippen molar-refractivity contribution in [3.05, 3.63) is 23.8 Å². The lowest BCUT2D eigenvalue weighted by Crippen LogP contribution is -2.18. The fourth-order valence-electron chi connectivity index (χ4n) is 1.72. The van der Waals surface area contributed by atoms with E-state index in [1.807, 2.05) is 18.2 Å². The van der Waals surface area contributed by atoms with E-state index in [0.29, 0.717) is 6.42 Å². The van der Waals surface area contributed by atoms with Gasteiger partial charge in [0.15, 0.2) is 0 Å². The molecule has 1 rings (SSSR count). The zero-order valence-corrected chi connectivity index (χ0v) is 11.0. The molecular weight excluding hydrogens is 228 g/mol. The smallest absolute Gasteiger partial charge is 0.122 e. The second-order valence-corrected chi connectivity index (χ2v) is 3.94. The molecule has 1 aromatic rings. The summed E-state index contributed by atoms with van der Waals surface area (Å²) in [6.07, 6.45) is 2.38. The van der Waals surface area contributed by atoms with E-state index in [0.717, 1.165) is 43.0 Å². The van der Waals surface area contributed by atoms with Gasteiger partial charge in [-0.3, -0.25) is 0 Å². The van der Waals surface area contributed by atoms with Crippen molar-refractivity contribution in [3.63, 3.8) is 0 Å². The Bertz CT molecular complexity index is 399. The fraction of sp³-hybridized carbons (Fsp3) is 0.500. The van der Waals surface area contributed by atoms with Gasteiger partial charge in [0.25, 0.3) is 0 Å². The number of methoxy groups -OCH3 is 2. The van der Waals surface area contributed by atoms with Crippen LogP contribution in [-0.2, 0) is 6.42 Å². The number of hydrogen-bond acceptors (Lipinski definition) is 4. The van der Waals surface area contributed by atoms with Crippen LogP contribution in [0.1, 0.15) is 18.4 Å². The maximum Gasteiger partial charge on any atom is 0.122 e. The molecule has 0 aliphatic heterocycles. The van der Waals surface area contributed by atoms with Gasteiger partial charge in [-0.15, -0.1) is 0 Å². The number of nitrogens with zero attached hydrogens (tertiary/aromatic N) is 1. The number of nitrogens with one attached hydrogen (secondary N) is 1. The lowest BCUT2D eigenvalue weighted by molar-refractivity contribution is 0.398. The van der Waals surface area contributed by atoms with Crippen LogP contribution in [0.3, 0.4) is 0 Å². The first-order chi connectivity index (χ1) is 8.81. The molecule has 0 fully saturated rings. The third-order valence-corrected chi connectivity index (χ3v) is 2.70. The number of unbranched alkanes of at least 4 members (excludes halogenated alkanes) is 1. The summed E-state index contributed by atoms with van der Waals surface area (Å²) in [5.74, 6) is 1.73. The number of hydrogen-bond donors (Lipinski definition) is 1. The Morgan fingerprint density at radius 3 is 2.72 bits per heavy atom. The summed E-state index contributed by atoms with van der Waals surface area (Å²) >= 11 is 0. The van der Waals surface area contributed by atoms with Crippen LogP contribution in [0.5, 0.6) is 11.5 Å². The van der Waals surface area contributed by atoms with Crippen LogP contribution in [-0.4, -0.2) is 27.3 Å². The summed E-state index contributed by atoms with van der Waals surface area (Å²) in [5, 5.41) is 11.7. The molecule has 0 heterocycles. The molecule has 0 saturated heterocycles. The van der Waals surface area contributed by atoms with Gasteiger partial charge in [-0.25, -0.2) is 0 Å². The first kappa shape index (κ1) is 14.3. The number of benzene rings is 1. The molecule has 1 aromatic carbocycles. The Labute approximate surface area is 109 Å². The molecule has 0 atom stereocenters. The van der Waals surface area contributed by atoms with Gasteiger partial charge in [-0.1, -0.05) is 0 Å². The van der Waals surface area contributed by atoms with Crippen molar-refractivity contribution < 1.29 is 9.47 Å². The standard InChI is InChI=1S/C14H20N2O2/c1-17-13-5-6-14(18-2)12(11-13)7-10-16-9-4-3-8-15/h5-6,11,16H,3-4,7,9-10H2,1-2H3. The minimum Gasteiger partial charge on any atom is -0.497 e. The van der Waals surface area contributed by atoms with E-state index in [-0.39, 0.29) is 0 Å². The van der Waals surface area contributed by atoms with E-state index < -0.39 is 0 Å². The average molecular weight is 248 g/mol. The molecular formula is C14H20N2O2. The second kappa shape index (κ2) is 8.37. The van der Waals surface area contributed by atoms with Crippen molar-refractivity contribution in [1.29, 1.82) is 5.26 Å². The van der Waals surface area contributed by atoms with E-state index in [4.69, 9.17) is 14.7 Å². The van der Waals surface area contributed by atoms with Crippen molar-refractivity contribution in [2.75, 3.05) is 27.3 Å². The summed E-state index contributed by atoms with van der Waals surface area (Å²) in [4.78, 5) is 0. The van der Waals surface area contributed by atoms with Gasteiger partial charge in [-0.2, -0.15) is 5.26 Å². The monoisotopic (exact) mass is 248 g/mol. The number of rotatable bonds is 8. The molecule has 98 valence electrons. The molecule has 1 N–H and O–H groups in total. The molecule has 4 nitrogen and oxygen atoms in total. The van der Waals surface area contributed by atoms with Crippen LogP contribution >= 0.6 is 0 Å². The average Bonchev–Trinajstić information content (AvgIpc) is 2.42. The van der Waals surface area contributed by atoms with Crippen LogP contribution in [0.15, 0.2) is 18.2 Å². The molecule has 0 aliphatic carbocycles. The minimum atomic E-state index is 0.607. The van der Waals surface area contributed by atoms with Gasteiger partial charge in [-0.05, 0) is 49.7 Å². The molecule has 0 radical (unpaired) electrons. The highest BCUT2D eigenvalue weighted by Gasteiger charge is 2.04. The van der Waals surface area contributed by atoms with Gasteiger partial charge in [0.2, 0.25) is 0 Å². The third-order valence-electron chi connectivity index (χ3n) is 2.70. The number of ether oxygens (including phenoxy) is 2. The third kappa shape index (κ3) is 4.64. The van der Waals surface area contributed by atoms with E-state index in [1.54, 1.807) is 14.2 Å². The second-order valence-electron chi connectivity index (χ2n) is 3.94. The lowest BCUT2D eigenvalue weighted by Gasteiger charge is -2.10. The van der Waals surface area contributed by atoms with Gasteiger partial charge < -0.3 is 14.8 Å². The van der Waals surface area contributed by atoms with Crippen LogP contribution in [0, 0.1) is 11.3 Å². The van der Waals surface area contributed by atoms with Crippen LogP contribution < -0.4 is 14.8 Å². The Morgan fingerprint density at radius 2 is 2.06 bits per heavy atom. The molecule has 0 aliphatic rings. The van der Waals surface area contributed by atoms with Crippen molar-refractivity contribution >= 4 is 0 Å². The van der Waals surface area contributed by atoms with Gasteiger partial charge in [0.1, 0.15) is 11.5 Å². The van der Waals surface area contributed by atoms with E-state index in [1.165, 1.54) is 0 Å². The normalized spacial score (nSPS) is 9.83. The Kier molecular flexibility index (Phi) is 6.67. The predicted octanol–water partition coefficient (Wildman–Crippen LogP) is 2.14. The quantitative estimate of drug-likeness (QED) is 0.716. The van der Waals surface area contributed by atoms with Crippen LogP contribution in [0.25, 0.3) is 0 Å². The van der Waals surface area contributed by atoms with E-state index >= 15 is 0 Å². The van der Waals surface area contributed by atoms with Gasteiger partial charge >= 0.3 is 0 Å². The zero-order chi connectivity index (χ0) is 13.2. The van der Waals surface area contributed by atoms with Crippen LogP contribution in [0.2, 0.25) is 0 Å². The van der Waals surface area contributed by atoms with Gasteiger partial charge in [0.05, 0.1) is 20.3 Å². The highest BCUT2D eigenvalue weighted by Crippen LogP contribution is 2.23. The summed E-state index contributed by atoms with van der Waals surface area (Å²) < 4.78 is 10.5. The number of nitriles is 1. The molecule has 0 spiro atoms. The molecule has 4 heteroatoms. The first-order valence-corrected chi connectivity index (χ1v) is 6.10. The minimum absolute atomic E-state index is 0.607. The Morgan fingerprint density at radius 1 is 1.22 bits per heavy atom. The summed E-state index contributed by atoms with van der Waals surface area (Å²) in [6.45, 7) is 1.74. The summed E-state index contributed by atoms with van der Waals surface area (Å²) in [5.41, 5.74) is 1.13. The summed E-state index contributed by atoms with van der Waals surface area (Å²) in [6, 6.07) is 7.94. The molecule has 0 aromatic heterocycles. The lowest BCUT2D eigenvalue weighted by atomic mass is 10.1. The molecule has 0 saturated carbocycles. The maximum absolute atomic E-state index is 8.42. The summed E-state index contributed by atoms with van der Waals surface area (Å²) in [7, 11) is 3.33. The first-order valence-electron chi connectivity index (χ1n) is 6.10. The van der Waals surface area contributed by atoms with Crippen molar-refractivity contribution in [1.82, 2.24) is 5.32 Å². The van der Waals surface area contributed by atoms with E-state index in [9.17, 15) is 0 Å². The molecule has 0 bridgehead atoms. The largest absolute Gasteiger partial charge is 0.497 e. The Hall–Kier alpha value is -1.73. The molecule has 0 unspecified atom stereocenters. The highest BCUT2D eigenvalue weighted by molar-refractivity contribution is 5.40. The zero-order valence-electron chi connectivity index (χ0n) is 11.0. The molecule has 0 amide bonds. The highest BCUT2D eigenvalue weighted by atomic mass is 16.5. The fourth-order valence-corrected chi connectivity index (χ4v) is 1.72. The predicted molar refractivity (Wildman–Crippen MR) is 71.0 cm³/mol. The van der Waals surface area contributed by atoms with Crippen molar-refractivity contribution in [3.8, 4) is 17.6 Å². The Balaban J connectivity index is 2.42. The van der Waals surface area contributed by atoms with Gasteiger partial charge in [0, 0.05) is 6.42 Å². The van der Waals surface area contributed by atoms with E-state index in [2.05, 4.69) is 11.4 Å². The maximum atomic E-state index is 8.42. The van der Waals surface area contributed by atoms with Crippen LogP contribution in [0.4, 0.5) is 0 Å². The van der Waals surface area contributed by atoms with Crippen molar-refractivity contribution in [2.45, 2.75) is 19.3 Å². The SMILES string of the molecule is COc1ccc(OC)c(CCNCCCC#N)c1. The van der Waals surface area contributed by atoms with Crippen molar-refractivity contribution in [2.24, 2.45) is 0 Å². The molecule has 18 heavy (non-hydrogen) atoms. The topological polar surface area (TPSA) is 54.3 Å².